The highest BCUT2D eigenvalue weighted by Gasteiger charge is 2.00. The van der Waals surface area contributed by atoms with Gasteiger partial charge in [-0.25, -0.2) is 4.98 Å². The molecule has 0 aromatic carbocycles. The van der Waals surface area contributed by atoms with E-state index in [0.717, 1.165) is 14.4 Å². The van der Waals surface area contributed by atoms with Crippen LogP contribution in [0.25, 0.3) is 10.4 Å². The minimum Gasteiger partial charge on any atom is -0.264 e. The molecule has 0 N–H and O–H groups in total. The van der Waals surface area contributed by atoms with Gasteiger partial charge >= 0.3 is 0 Å². The van der Waals surface area contributed by atoms with Crippen LogP contribution in [0.3, 0.4) is 0 Å². The Morgan fingerprint density at radius 3 is 2.83 bits per heavy atom. The smallest absolute Gasteiger partial charge is 0.159 e. The summed E-state index contributed by atoms with van der Waals surface area (Å²) >= 11 is 4.92. The molecule has 0 saturated carbocycles. The van der Waals surface area contributed by atoms with Gasteiger partial charge in [-0.2, -0.15) is 0 Å². The normalized spacial score (nSPS) is 10.1. The second-order valence-corrected chi connectivity index (χ2v) is 4.53. The molecular formula is C8H5BrN2S. The van der Waals surface area contributed by atoms with Gasteiger partial charge in [-0.15, -0.1) is 11.3 Å². The summed E-state index contributed by atoms with van der Waals surface area (Å²) in [6.45, 7) is 0. The first-order valence-electron chi connectivity index (χ1n) is 3.38. The van der Waals surface area contributed by atoms with Crippen LogP contribution < -0.4 is 0 Å². The summed E-state index contributed by atoms with van der Waals surface area (Å²) in [6, 6.07) is 3.94. The minimum absolute atomic E-state index is 0.904. The van der Waals surface area contributed by atoms with Crippen LogP contribution in [0.2, 0.25) is 0 Å². The van der Waals surface area contributed by atoms with Gasteiger partial charge in [0.05, 0.1) is 4.88 Å². The predicted octanol–water partition coefficient (Wildman–Crippen LogP) is 2.97. The first kappa shape index (κ1) is 7.89. The molecule has 0 bridgehead atoms. The second kappa shape index (κ2) is 3.33. The van der Waals surface area contributed by atoms with Gasteiger partial charge in [-0.1, -0.05) is 6.07 Å². The summed E-state index contributed by atoms with van der Waals surface area (Å²) in [5.74, 6) is 0. The fraction of sp³-hybridized carbons (Fsp3) is 0. The zero-order chi connectivity index (χ0) is 8.39. The van der Waals surface area contributed by atoms with Crippen LogP contribution in [-0.4, -0.2) is 9.97 Å². The van der Waals surface area contributed by atoms with Crippen LogP contribution in [0.1, 0.15) is 0 Å². The van der Waals surface area contributed by atoms with E-state index in [1.807, 2.05) is 24.5 Å². The van der Waals surface area contributed by atoms with Crippen molar-refractivity contribution in [1.29, 1.82) is 0 Å². The predicted molar refractivity (Wildman–Crippen MR) is 53.0 cm³/mol. The lowest BCUT2D eigenvalue weighted by Gasteiger charge is -1.91. The molecule has 0 aliphatic carbocycles. The van der Waals surface area contributed by atoms with Gasteiger partial charge in [0.25, 0.3) is 0 Å². The van der Waals surface area contributed by atoms with E-state index >= 15 is 0 Å². The number of aromatic nitrogens is 2. The van der Waals surface area contributed by atoms with Crippen LogP contribution in [0.4, 0.5) is 0 Å². The van der Waals surface area contributed by atoms with Crippen LogP contribution in [-0.2, 0) is 0 Å². The maximum Gasteiger partial charge on any atom is 0.159 e. The average molecular weight is 241 g/mol. The van der Waals surface area contributed by atoms with Crippen molar-refractivity contribution >= 4 is 27.3 Å². The van der Waals surface area contributed by atoms with Crippen molar-refractivity contribution in [3.63, 3.8) is 0 Å². The Balaban J connectivity index is 2.45. The van der Waals surface area contributed by atoms with E-state index in [0.29, 0.717) is 0 Å². The monoisotopic (exact) mass is 240 g/mol. The molecule has 0 aliphatic rings. The van der Waals surface area contributed by atoms with Gasteiger partial charge < -0.3 is 0 Å². The van der Waals surface area contributed by atoms with Gasteiger partial charge in [0.15, 0.2) is 3.92 Å². The summed E-state index contributed by atoms with van der Waals surface area (Å²) in [4.78, 5) is 9.27. The molecule has 0 atom stereocenters. The van der Waals surface area contributed by atoms with Crippen molar-refractivity contribution in [2.75, 3.05) is 0 Å². The Kier molecular flexibility index (Phi) is 2.19. The highest BCUT2D eigenvalue weighted by Crippen LogP contribution is 2.27. The number of rotatable bonds is 1. The van der Waals surface area contributed by atoms with E-state index < -0.39 is 0 Å². The number of halogens is 1. The molecule has 0 saturated heterocycles. The standard InChI is InChI=1S/C8H5BrN2S/c9-8-11-5-7(12-8)6-2-1-3-10-4-6/h1-5H. The average Bonchev–Trinajstić information content (AvgIpc) is 2.54. The number of thiazole rings is 1. The molecule has 12 heavy (non-hydrogen) atoms. The first-order valence-corrected chi connectivity index (χ1v) is 4.99. The molecule has 0 fully saturated rings. The molecule has 4 heteroatoms. The van der Waals surface area contributed by atoms with Crippen molar-refractivity contribution in [2.45, 2.75) is 0 Å². The van der Waals surface area contributed by atoms with Gasteiger partial charge in [-0.05, 0) is 22.0 Å². The Labute approximate surface area is 82.4 Å². The molecule has 2 heterocycles. The summed E-state index contributed by atoms with van der Waals surface area (Å²) in [5.41, 5.74) is 1.11. The third-order valence-electron chi connectivity index (χ3n) is 1.42. The van der Waals surface area contributed by atoms with E-state index in [-0.39, 0.29) is 0 Å². The molecule has 2 rings (SSSR count). The van der Waals surface area contributed by atoms with Gasteiger partial charge in [0, 0.05) is 24.2 Å². The molecule has 2 nitrogen and oxygen atoms in total. The molecule has 0 amide bonds. The lowest BCUT2D eigenvalue weighted by molar-refractivity contribution is 1.33. The number of pyridine rings is 1. The first-order chi connectivity index (χ1) is 5.86. The maximum atomic E-state index is 4.10. The Morgan fingerprint density at radius 2 is 2.25 bits per heavy atom. The molecule has 2 aromatic heterocycles. The fourth-order valence-corrected chi connectivity index (χ4v) is 2.15. The summed E-state index contributed by atoms with van der Waals surface area (Å²) in [7, 11) is 0. The Hall–Kier alpha value is -0.740. The molecule has 0 spiro atoms. The number of hydrogen-bond acceptors (Lipinski definition) is 3. The van der Waals surface area contributed by atoms with E-state index in [1.54, 1.807) is 17.5 Å². The van der Waals surface area contributed by atoms with Crippen molar-refractivity contribution < 1.29 is 0 Å². The Bertz CT molecular complexity index is 372. The third-order valence-corrected chi connectivity index (χ3v) is 2.95. The zero-order valence-electron chi connectivity index (χ0n) is 6.07. The maximum absolute atomic E-state index is 4.10. The number of nitrogens with zero attached hydrogens (tertiary/aromatic N) is 2. The quantitative estimate of drug-likeness (QED) is 0.767. The van der Waals surface area contributed by atoms with Crippen molar-refractivity contribution in [3.8, 4) is 10.4 Å². The molecule has 0 radical (unpaired) electrons. The molecule has 0 unspecified atom stereocenters. The van der Waals surface area contributed by atoms with Gasteiger partial charge in [0.1, 0.15) is 0 Å². The molecule has 0 aliphatic heterocycles. The van der Waals surface area contributed by atoms with Crippen LogP contribution >= 0.6 is 27.3 Å². The van der Waals surface area contributed by atoms with E-state index in [1.165, 1.54) is 0 Å². The highest BCUT2D eigenvalue weighted by molar-refractivity contribution is 9.11. The molecule has 2 aromatic rings. The van der Waals surface area contributed by atoms with Crippen LogP contribution in [0, 0.1) is 0 Å². The lowest BCUT2D eigenvalue weighted by atomic mass is 10.3. The lowest BCUT2D eigenvalue weighted by Crippen LogP contribution is -1.72. The van der Waals surface area contributed by atoms with Crippen LogP contribution in [0.5, 0.6) is 0 Å². The van der Waals surface area contributed by atoms with Crippen molar-refractivity contribution in [2.24, 2.45) is 0 Å². The van der Waals surface area contributed by atoms with E-state index in [4.69, 9.17) is 0 Å². The van der Waals surface area contributed by atoms with E-state index in [9.17, 15) is 0 Å². The number of hydrogen-bond donors (Lipinski definition) is 0. The fourth-order valence-electron chi connectivity index (χ4n) is 0.895. The summed E-state index contributed by atoms with van der Waals surface area (Å²) in [6.07, 6.45) is 5.44. The minimum atomic E-state index is 0.904. The largest absolute Gasteiger partial charge is 0.264 e. The topological polar surface area (TPSA) is 25.8 Å². The zero-order valence-corrected chi connectivity index (χ0v) is 8.47. The van der Waals surface area contributed by atoms with E-state index in [2.05, 4.69) is 25.9 Å². The molecular weight excluding hydrogens is 236 g/mol. The summed E-state index contributed by atoms with van der Waals surface area (Å²) in [5, 5.41) is 0. The van der Waals surface area contributed by atoms with Gasteiger partial charge in [0.2, 0.25) is 0 Å². The third kappa shape index (κ3) is 1.54. The van der Waals surface area contributed by atoms with Gasteiger partial charge in [-0.3, -0.25) is 4.98 Å². The Morgan fingerprint density at radius 1 is 1.33 bits per heavy atom. The highest BCUT2D eigenvalue weighted by atomic mass is 79.9. The van der Waals surface area contributed by atoms with Crippen molar-refractivity contribution in [1.82, 2.24) is 9.97 Å². The van der Waals surface area contributed by atoms with Crippen molar-refractivity contribution in [3.05, 3.63) is 34.6 Å². The second-order valence-electron chi connectivity index (χ2n) is 2.22. The SMILES string of the molecule is Brc1ncc(-c2cccnc2)s1. The summed E-state index contributed by atoms with van der Waals surface area (Å²) < 4.78 is 0.904. The molecule has 60 valence electrons. The van der Waals surface area contributed by atoms with Crippen LogP contribution in [0.15, 0.2) is 34.6 Å².